The third kappa shape index (κ3) is 3.62. The number of thiophene rings is 1. The van der Waals surface area contributed by atoms with Crippen molar-refractivity contribution in [2.24, 2.45) is 0 Å². The minimum absolute atomic E-state index is 0.188. The highest BCUT2D eigenvalue weighted by molar-refractivity contribution is 9.11. The molecule has 1 aromatic heterocycles. The predicted octanol–water partition coefficient (Wildman–Crippen LogP) is 4.92. The lowest BCUT2D eigenvalue weighted by molar-refractivity contribution is 0.242. The minimum Gasteiger partial charge on any atom is -0.491 e. The first kappa shape index (κ1) is 15.5. The van der Waals surface area contributed by atoms with E-state index in [9.17, 15) is 0 Å². The van der Waals surface area contributed by atoms with E-state index in [1.165, 1.54) is 19.8 Å². The number of ether oxygens (including phenoxy) is 1. The number of hydrogen-bond acceptors (Lipinski definition) is 3. The van der Waals surface area contributed by atoms with Gasteiger partial charge in [-0.3, -0.25) is 0 Å². The van der Waals surface area contributed by atoms with Crippen LogP contribution in [0, 0.1) is 6.92 Å². The molecule has 1 N–H and O–H groups in total. The van der Waals surface area contributed by atoms with Gasteiger partial charge in [0.1, 0.15) is 5.75 Å². The van der Waals surface area contributed by atoms with Gasteiger partial charge in [0.15, 0.2) is 0 Å². The molecule has 0 saturated carbocycles. The molecule has 1 aromatic carbocycles. The molecule has 1 unspecified atom stereocenters. The highest BCUT2D eigenvalue weighted by Crippen LogP contribution is 2.34. The largest absolute Gasteiger partial charge is 0.491 e. The molecule has 0 bridgehead atoms. The second-order valence-corrected chi connectivity index (χ2v) is 7.66. The van der Waals surface area contributed by atoms with Crippen molar-refractivity contribution in [1.82, 2.24) is 5.32 Å². The van der Waals surface area contributed by atoms with Gasteiger partial charge in [0.2, 0.25) is 0 Å². The maximum atomic E-state index is 5.79. The molecule has 2 aromatic rings. The second kappa shape index (κ2) is 6.74. The van der Waals surface area contributed by atoms with Crippen LogP contribution < -0.4 is 10.1 Å². The summed E-state index contributed by atoms with van der Waals surface area (Å²) in [6.07, 6.45) is 0.190. The van der Waals surface area contributed by atoms with Crippen molar-refractivity contribution < 1.29 is 4.74 Å². The summed E-state index contributed by atoms with van der Waals surface area (Å²) in [5.41, 5.74) is 2.53. The lowest BCUT2D eigenvalue weighted by Crippen LogP contribution is -2.18. The van der Waals surface area contributed by atoms with Gasteiger partial charge in [-0.05, 0) is 73.1 Å². The quantitative estimate of drug-likeness (QED) is 0.823. The Labute approximate surface area is 133 Å². The fraction of sp³-hybridized carbons (Fsp3) is 0.375. The molecule has 2 rings (SSSR count). The van der Waals surface area contributed by atoms with E-state index in [-0.39, 0.29) is 12.1 Å². The van der Waals surface area contributed by atoms with Gasteiger partial charge in [-0.25, -0.2) is 0 Å². The van der Waals surface area contributed by atoms with Gasteiger partial charge in [-0.15, -0.1) is 11.3 Å². The average molecular weight is 354 g/mol. The summed E-state index contributed by atoms with van der Waals surface area (Å²) in [6.45, 7) is 6.24. The lowest BCUT2D eigenvalue weighted by atomic mass is 9.99. The van der Waals surface area contributed by atoms with Crippen LogP contribution in [-0.4, -0.2) is 13.2 Å². The van der Waals surface area contributed by atoms with Crippen molar-refractivity contribution >= 4 is 27.3 Å². The third-order valence-electron chi connectivity index (χ3n) is 3.09. The molecule has 0 aliphatic carbocycles. The summed E-state index contributed by atoms with van der Waals surface area (Å²) in [5.74, 6) is 0.921. The van der Waals surface area contributed by atoms with Crippen LogP contribution in [0.1, 0.15) is 35.9 Å². The van der Waals surface area contributed by atoms with Crippen LogP contribution in [-0.2, 0) is 0 Å². The Morgan fingerprint density at radius 1 is 1.25 bits per heavy atom. The van der Waals surface area contributed by atoms with Gasteiger partial charge < -0.3 is 10.1 Å². The van der Waals surface area contributed by atoms with Crippen LogP contribution in [0.3, 0.4) is 0 Å². The normalized spacial score (nSPS) is 12.7. The van der Waals surface area contributed by atoms with Crippen LogP contribution >= 0.6 is 27.3 Å². The molecular weight excluding hydrogens is 334 g/mol. The molecular formula is C16H20BrNOS. The molecule has 1 atom stereocenters. The van der Waals surface area contributed by atoms with Crippen LogP contribution in [0.4, 0.5) is 0 Å². The molecule has 0 spiro atoms. The molecule has 0 radical (unpaired) electrons. The van der Waals surface area contributed by atoms with Crippen molar-refractivity contribution in [3.05, 3.63) is 50.1 Å². The Kier molecular flexibility index (Phi) is 5.24. The average Bonchev–Trinajstić information content (AvgIpc) is 2.69. The summed E-state index contributed by atoms with van der Waals surface area (Å²) < 4.78 is 6.95. The molecule has 20 heavy (non-hydrogen) atoms. The summed E-state index contributed by atoms with van der Waals surface area (Å²) in [5, 5.41) is 3.40. The van der Waals surface area contributed by atoms with E-state index in [0.717, 1.165) is 5.75 Å². The Morgan fingerprint density at radius 3 is 2.55 bits per heavy atom. The first-order valence-electron chi connectivity index (χ1n) is 6.71. The van der Waals surface area contributed by atoms with E-state index in [4.69, 9.17) is 4.74 Å². The molecule has 0 fully saturated rings. The first-order chi connectivity index (χ1) is 9.51. The molecule has 0 aliphatic rings. The Balaban J connectivity index is 2.34. The van der Waals surface area contributed by atoms with E-state index in [1.807, 2.05) is 33.0 Å². The topological polar surface area (TPSA) is 21.3 Å². The molecule has 1 heterocycles. The van der Waals surface area contributed by atoms with E-state index in [0.29, 0.717) is 0 Å². The number of hydrogen-bond donors (Lipinski definition) is 1. The number of aryl methyl sites for hydroxylation is 1. The fourth-order valence-corrected chi connectivity index (χ4v) is 4.03. The van der Waals surface area contributed by atoms with Crippen molar-refractivity contribution in [3.8, 4) is 5.75 Å². The first-order valence-corrected chi connectivity index (χ1v) is 8.32. The Bertz CT molecular complexity index is 580. The van der Waals surface area contributed by atoms with Crippen molar-refractivity contribution in [2.45, 2.75) is 32.9 Å². The summed E-state index contributed by atoms with van der Waals surface area (Å²) >= 11 is 5.33. The number of halogens is 1. The third-order valence-corrected chi connectivity index (χ3v) is 4.66. The van der Waals surface area contributed by atoms with Crippen LogP contribution in [0.15, 0.2) is 34.1 Å². The highest BCUT2D eigenvalue weighted by Gasteiger charge is 2.17. The Hall–Kier alpha value is -0.840. The maximum Gasteiger partial charge on any atom is 0.120 e. The van der Waals surface area contributed by atoms with Crippen LogP contribution in [0.2, 0.25) is 0 Å². The zero-order chi connectivity index (χ0) is 14.7. The smallest absolute Gasteiger partial charge is 0.120 e. The van der Waals surface area contributed by atoms with Gasteiger partial charge in [-0.1, -0.05) is 12.1 Å². The highest BCUT2D eigenvalue weighted by atomic mass is 79.9. The zero-order valence-corrected chi connectivity index (χ0v) is 14.6. The van der Waals surface area contributed by atoms with Crippen LogP contribution in [0.5, 0.6) is 5.75 Å². The summed E-state index contributed by atoms with van der Waals surface area (Å²) in [7, 11) is 1.99. The molecule has 108 valence electrons. The van der Waals surface area contributed by atoms with Crippen LogP contribution in [0.25, 0.3) is 0 Å². The van der Waals surface area contributed by atoms with Gasteiger partial charge in [-0.2, -0.15) is 0 Å². The maximum absolute atomic E-state index is 5.79. The second-order valence-electron chi connectivity index (χ2n) is 5.02. The van der Waals surface area contributed by atoms with Gasteiger partial charge >= 0.3 is 0 Å². The standard InChI is InChI=1S/C16H20BrNOS/c1-10(2)19-13-7-5-6-12(8-13)16(18-4)14-9-15(17)20-11(14)3/h5-10,16,18H,1-4H3. The number of rotatable bonds is 5. The summed E-state index contributed by atoms with van der Waals surface area (Å²) in [4.78, 5) is 1.33. The SMILES string of the molecule is CNC(c1cccc(OC(C)C)c1)c1cc(Br)sc1C. The zero-order valence-electron chi connectivity index (χ0n) is 12.2. The van der Waals surface area contributed by atoms with Crippen molar-refractivity contribution in [1.29, 1.82) is 0 Å². The molecule has 0 aliphatic heterocycles. The minimum atomic E-state index is 0.188. The molecule has 4 heteroatoms. The Morgan fingerprint density at radius 2 is 2.00 bits per heavy atom. The van der Waals surface area contributed by atoms with Crippen molar-refractivity contribution in [2.75, 3.05) is 7.05 Å². The predicted molar refractivity (Wildman–Crippen MR) is 89.9 cm³/mol. The fourth-order valence-electron chi connectivity index (χ4n) is 2.29. The number of benzene rings is 1. The van der Waals surface area contributed by atoms with Gasteiger partial charge in [0, 0.05) is 4.88 Å². The van der Waals surface area contributed by atoms with E-state index in [2.05, 4.69) is 46.4 Å². The lowest BCUT2D eigenvalue weighted by Gasteiger charge is -2.18. The summed E-state index contributed by atoms with van der Waals surface area (Å²) in [6, 6.07) is 10.7. The molecule has 2 nitrogen and oxygen atoms in total. The molecule has 0 saturated heterocycles. The van der Waals surface area contributed by atoms with Gasteiger partial charge in [0.05, 0.1) is 15.9 Å². The number of nitrogens with one attached hydrogen (secondary N) is 1. The van der Waals surface area contributed by atoms with E-state index >= 15 is 0 Å². The molecule has 0 amide bonds. The van der Waals surface area contributed by atoms with Crippen molar-refractivity contribution in [3.63, 3.8) is 0 Å². The monoisotopic (exact) mass is 353 g/mol. The van der Waals surface area contributed by atoms with E-state index < -0.39 is 0 Å². The van der Waals surface area contributed by atoms with Gasteiger partial charge in [0.25, 0.3) is 0 Å². The van der Waals surface area contributed by atoms with E-state index in [1.54, 1.807) is 11.3 Å².